The zero-order valence-corrected chi connectivity index (χ0v) is 12.3. The Balaban J connectivity index is 2.29. The molecule has 0 saturated carbocycles. The van der Waals surface area contributed by atoms with Crippen LogP contribution in [0.5, 0.6) is 0 Å². The minimum Gasteiger partial charge on any atom is -0.463 e. The molecule has 0 aliphatic carbocycles. The van der Waals surface area contributed by atoms with E-state index in [0.717, 1.165) is 31.2 Å². The van der Waals surface area contributed by atoms with Gasteiger partial charge in [0.15, 0.2) is 0 Å². The molecule has 0 aliphatic rings. The number of nitrogens with zero attached hydrogens (tertiary/aromatic N) is 1. The molecule has 0 unspecified atom stereocenters. The van der Waals surface area contributed by atoms with Crippen molar-refractivity contribution in [3.8, 4) is 0 Å². The first kappa shape index (κ1) is 15.3. The zero-order chi connectivity index (χ0) is 13.4. The lowest BCUT2D eigenvalue weighted by molar-refractivity contribution is 0.283. The molecule has 0 amide bonds. The van der Waals surface area contributed by atoms with Crippen molar-refractivity contribution in [1.82, 2.24) is 10.2 Å². The first-order valence-electron chi connectivity index (χ1n) is 7.11. The first-order chi connectivity index (χ1) is 8.61. The molecule has 1 heterocycles. The van der Waals surface area contributed by atoms with Crippen molar-refractivity contribution in [2.75, 3.05) is 13.6 Å². The molecule has 104 valence electrons. The summed E-state index contributed by atoms with van der Waals surface area (Å²) in [5.74, 6) is 2.09. The van der Waals surface area contributed by atoms with Crippen molar-refractivity contribution in [1.29, 1.82) is 0 Å². The quantitative estimate of drug-likeness (QED) is 0.683. The Kier molecular flexibility index (Phi) is 7.06. The maximum atomic E-state index is 5.81. The molecule has 0 fully saturated rings. The highest BCUT2D eigenvalue weighted by molar-refractivity contribution is 5.07. The van der Waals surface area contributed by atoms with Gasteiger partial charge < -0.3 is 9.73 Å². The van der Waals surface area contributed by atoms with Gasteiger partial charge in [0.2, 0.25) is 0 Å². The van der Waals surface area contributed by atoms with Gasteiger partial charge in [0.25, 0.3) is 0 Å². The molecule has 0 spiro atoms. The van der Waals surface area contributed by atoms with E-state index in [1.54, 1.807) is 0 Å². The third kappa shape index (κ3) is 6.22. The monoisotopic (exact) mass is 252 g/mol. The third-order valence-corrected chi connectivity index (χ3v) is 2.97. The summed E-state index contributed by atoms with van der Waals surface area (Å²) in [6.07, 6.45) is 3.86. The topological polar surface area (TPSA) is 28.4 Å². The minimum absolute atomic E-state index is 0.496. The van der Waals surface area contributed by atoms with Crippen molar-refractivity contribution in [2.45, 2.75) is 59.2 Å². The van der Waals surface area contributed by atoms with Crippen LogP contribution in [0.3, 0.4) is 0 Å². The third-order valence-electron chi connectivity index (χ3n) is 2.97. The number of rotatable bonds is 9. The fraction of sp³-hybridized carbons (Fsp3) is 0.733. The molecule has 0 aliphatic heterocycles. The van der Waals surface area contributed by atoms with Crippen LogP contribution in [0.4, 0.5) is 0 Å². The van der Waals surface area contributed by atoms with E-state index in [2.05, 4.69) is 50.2 Å². The number of unbranched alkanes of at least 4 members (excludes halogenated alkanes) is 2. The van der Waals surface area contributed by atoms with Crippen LogP contribution in [0.1, 0.15) is 51.6 Å². The normalized spacial score (nSPS) is 11.7. The summed E-state index contributed by atoms with van der Waals surface area (Å²) in [5, 5.41) is 3.36. The first-order valence-corrected chi connectivity index (χ1v) is 7.11. The van der Waals surface area contributed by atoms with E-state index < -0.39 is 0 Å². The minimum atomic E-state index is 0.496. The molecule has 0 saturated heterocycles. The summed E-state index contributed by atoms with van der Waals surface area (Å²) < 4.78 is 5.81. The standard InChI is InChI=1S/C15H28N2O/c1-5-6-7-10-17(4)12-15-9-8-14(18-15)11-16-13(2)3/h8-9,13,16H,5-7,10-12H2,1-4H3. The van der Waals surface area contributed by atoms with Crippen LogP contribution in [0.25, 0.3) is 0 Å². The van der Waals surface area contributed by atoms with Gasteiger partial charge in [0.1, 0.15) is 11.5 Å². The Morgan fingerprint density at radius 2 is 1.94 bits per heavy atom. The molecule has 1 aromatic rings. The Bertz CT molecular complexity index is 320. The molecule has 1 rings (SSSR count). The second-order valence-electron chi connectivity index (χ2n) is 5.35. The fourth-order valence-corrected chi connectivity index (χ4v) is 1.88. The van der Waals surface area contributed by atoms with Gasteiger partial charge in [-0.2, -0.15) is 0 Å². The summed E-state index contributed by atoms with van der Waals surface area (Å²) in [6.45, 7) is 9.40. The van der Waals surface area contributed by atoms with E-state index in [-0.39, 0.29) is 0 Å². The number of hydrogen-bond acceptors (Lipinski definition) is 3. The van der Waals surface area contributed by atoms with E-state index in [1.807, 2.05) is 0 Å². The van der Waals surface area contributed by atoms with Crippen molar-refractivity contribution < 1.29 is 4.42 Å². The van der Waals surface area contributed by atoms with Crippen LogP contribution in [-0.4, -0.2) is 24.5 Å². The van der Waals surface area contributed by atoms with Crippen LogP contribution in [0.2, 0.25) is 0 Å². The maximum Gasteiger partial charge on any atom is 0.118 e. The SMILES string of the molecule is CCCCCN(C)Cc1ccc(CNC(C)C)o1. The Labute approximate surface area is 112 Å². The highest BCUT2D eigenvalue weighted by atomic mass is 16.3. The molecule has 1 aromatic heterocycles. The van der Waals surface area contributed by atoms with Crippen molar-refractivity contribution in [2.24, 2.45) is 0 Å². The van der Waals surface area contributed by atoms with Crippen molar-refractivity contribution >= 4 is 0 Å². The molecule has 0 radical (unpaired) electrons. The van der Waals surface area contributed by atoms with Crippen molar-refractivity contribution in [3.63, 3.8) is 0 Å². The Hall–Kier alpha value is -0.800. The number of furan rings is 1. The summed E-state index contributed by atoms with van der Waals surface area (Å²) >= 11 is 0. The van der Waals surface area contributed by atoms with Gasteiger partial charge >= 0.3 is 0 Å². The van der Waals surface area contributed by atoms with E-state index >= 15 is 0 Å². The van der Waals surface area contributed by atoms with Gasteiger partial charge in [0, 0.05) is 6.04 Å². The predicted molar refractivity (Wildman–Crippen MR) is 76.5 cm³/mol. The van der Waals surface area contributed by atoms with Crippen LogP contribution >= 0.6 is 0 Å². The second kappa shape index (κ2) is 8.33. The van der Waals surface area contributed by atoms with Crippen LogP contribution in [0, 0.1) is 0 Å². The Morgan fingerprint density at radius 1 is 1.22 bits per heavy atom. The zero-order valence-electron chi connectivity index (χ0n) is 12.3. The van der Waals surface area contributed by atoms with Crippen LogP contribution < -0.4 is 5.32 Å². The molecule has 1 N–H and O–H groups in total. The van der Waals surface area contributed by atoms with Gasteiger partial charge in [0.05, 0.1) is 13.1 Å². The number of hydrogen-bond donors (Lipinski definition) is 1. The summed E-state index contributed by atoms with van der Waals surface area (Å²) in [5.41, 5.74) is 0. The van der Waals surface area contributed by atoms with Crippen LogP contribution in [-0.2, 0) is 13.1 Å². The van der Waals surface area contributed by atoms with E-state index in [0.29, 0.717) is 6.04 Å². The van der Waals surface area contributed by atoms with Gasteiger partial charge in [-0.05, 0) is 32.1 Å². The van der Waals surface area contributed by atoms with E-state index in [4.69, 9.17) is 4.42 Å². The predicted octanol–water partition coefficient (Wildman–Crippen LogP) is 3.40. The summed E-state index contributed by atoms with van der Waals surface area (Å²) in [4.78, 5) is 2.33. The average molecular weight is 252 g/mol. The molecular formula is C15H28N2O. The summed E-state index contributed by atoms with van der Waals surface area (Å²) in [6, 6.07) is 4.66. The lowest BCUT2D eigenvalue weighted by atomic mass is 10.2. The highest BCUT2D eigenvalue weighted by Gasteiger charge is 2.05. The molecule has 0 atom stereocenters. The molecule has 0 aromatic carbocycles. The van der Waals surface area contributed by atoms with Gasteiger partial charge in [-0.1, -0.05) is 33.6 Å². The second-order valence-corrected chi connectivity index (χ2v) is 5.35. The fourth-order valence-electron chi connectivity index (χ4n) is 1.88. The largest absolute Gasteiger partial charge is 0.463 e. The average Bonchev–Trinajstić information content (AvgIpc) is 2.74. The molecular weight excluding hydrogens is 224 g/mol. The van der Waals surface area contributed by atoms with Crippen molar-refractivity contribution in [3.05, 3.63) is 23.7 Å². The Morgan fingerprint density at radius 3 is 2.61 bits per heavy atom. The molecule has 0 bridgehead atoms. The molecule has 3 nitrogen and oxygen atoms in total. The number of nitrogens with one attached hydrogen (secondary N) is 1. The highest BCUT2D eigenvalue weighted by Crippen LogP contribution is 2.10. The van der Waals surface area contributed by atoms with E-state index in [9.17, 15) is 0 Å². The lowest BCUT2D eigenvalue weighted by Crippen LogP contribution is -2.21. The van der Waals surface area contributed by atoms with E-state index in [1.165, 1.54) is 19.3 Å². The lowest BCUT2D eigenvalue weighted by Gasteiger charge is -2.14. The molecule has 18 heavy (non-hydrogen) atoms. The van der Waals surface area contributed by atoms with Gasteiger partial charge in [-0.15, -0.1) is 0 Å². The maximum absolute atomic E-state index is 5.81. The van der Waals surface area contributed by atoms with Gasteiger partial charge in [-0.3, -0.25) is 4.90 Å². The van der Waals surface area contributed by atoms with Crippen LogP contribution in [0.15, 0.2) is 16.5 Å². The van der Waals surface area contributed by atoms with Gasteiger partial charge in [-0.25, -0.2) is 0 Å². The molecule has 3 heteroatoms. The summed E-state index contributed by atoms with van der Waals surface area (Å²) in [7, 11) is 2.16. The smallest absolute Gasteiger partial charge is 0.118 e.